The summed E-state index contributed by atoms with van der Waals surface area (Å²) in [6.07, 6.45) is 0. The Morgan fingerprint density at radius 3 is 2.72 bits per heavy atom. The fourth-order valence-electron chi connectivity index (χ4n) is 1.91. The number of halogens is 1. The van der Waals surface area contributed by atoms with Crippen LogP contribution >= 0.6 is 22.9 Å². The second kappa shape index (κ2) is 5.71. The van der Waals surface area contributed by atoms with Gasteiger partial charge in [0.25, 0.3) is 0 Å². The van der Waals surface area contributed by atoms with E-state index in [1.54, 1.807) is 24.5 Å². The van der Waals surface area contributed by atoms with Crippen molar-refractivity contribution in [3.05, 3.63) is 50.7 Å². The molecule has 1 aromatic carbocycles. The van der Waals surface area contributed by atoms with E-state index < -0.39 is 0 Å². The molecule has 0 spiro atoms. The Kier molecular flexibility index (Phi) is 4.24. The van der Waals surface area contributed by atoms with Crippen LogP contribution in [0.5, 0.6) is 5.75 Å². The van der Waals surface area contributed by atoms with Gasteiger partial charge in [0, 0.05) is 15.5 Å². The third-order valence-electron chi connectivity index (χ3n) is 2.84. The summed E-state index contributed by atoms with van der Waals surface area (Å²) in [5.74, 6) is 6.43. The van der Waals surface area contributed by atoms with Crippen molar-refractivity contribution in [3.63, 3.8) is 0 Å². The van der Waals surface area contributed by atoms with Crippen molar-refractivity contribution in [3.8, 4) is 5.75 Å². The summed E-state index contributed by atoms with van der Waals surface area (Å²) < 4.78 is 5.37. The Labute approximate surface area is 116 Å². The molecule has 0 aliphatic carbocycles. The van der Waals surface area contributed by atoms with Gasteiger partial charge in [-0.1, -0.05) is 17.7 Å². The molecule has 1 unspecified atom stereocenters. The zero-order valence-corrected chi connectivity index (χ0v) is 11.8. The number of hydrazine groups is 1. The zero-order valence-electron chi connectivity index (χ0n) is 10.2. The first-order valence-corrected chi connectivity index (χ1v) is 6.76. The Bertz CT molecular complexity index is 542. The third-order valence-corrected chi connectivity index (χ3v) is 4.16. The molecule has 0 saturated carbocycles. The van der Waals surface area contributed by atoms with Gasteiger partial charge >= 0.3 is 0 Å². The highest BCUT2D eigenvalue weighted by molar-refractivity contribution is 7.10. The van der Waals surface area contributed by atoms with Crippen molar-refractivity contribution in [2.75, 3.05) is 7.11 Å². The Hall–Kier alpha value is -1.07. The van der Waals surface area contributed by atoms with E-state index in [2.05, 4.69) is 23.8 Å². The summed E-state index contributed by atoms with van der Waals surface area (Å²) >= 11 is 7.64. The second-order valence-electron chi connectivity index (χ2n) is 3.95. The molecule has 5 heteroatoms. The number of ether oxygens (including phenoxy) is 1. The summed E-state index contributed by atoms with van der Waals surface area (Å²) in [6, 6.07) is 7.56. The van der Waals surface area contributed by atoms with Crippen molar-refractivity contribution >= 4 is 22.9 Å². The monoisotopic (exact) mass is 282 g/mol. The molecule has 0 saturated heterocycles. The minimum absolute atomic E-state index is 0.0859. The Morgan fingerprint density at radius 2 is 2.17 bits per heavy atom. The van der Waals surface area contributed by atoms with Gasteiger partial charge in [-0.25, -0.2) is 5.43 Å². The number of benzene rings is 1. The third kappa shape index (κ3) is 2.52. The molecular weight excluding hydrogens is 268 g/mol. The van der Waals surface area contributed by atoms with E-state index in [1.165, 1.54) is 10.4 Å². The van der Waals surface area contributed by atoms with Crippen LogP contribution in [0.4, 0.5) is 0 Å². The smallest absolute Gasteiger partial charge is 0.125 e. The van der Waals surface area contributed by atoms with Crippen LogP contribution in [0.1, 0.15) is 22.0 Å². The SMILES string of the molecule is COc1cc(Cl)ccc1C(NN)c1sccc1C. The second-order valence-corrected chi connectivity index (χ2v) is 5.34. The minimum Gasteiger partial charge on any atom is -0.496 e. The number of nitrogens with two attached hydrogens (primary N) is 1. The lowest BCUT2D eigenvalue weighted by atomic mass is 10.0. The molecule has 18 heavy (non-hydrogen) atoms. The van der Waals surface area contributed by atoms with Crippen LogP contribution in [0.2, 0.25) is 5.02 Å². The molecule has 0 amide bonds. The maximum Gasteiger partial charge on any atom is 0.125 e. The fourth-order valence-corrected chi connectivity index (χ4v) is 3.08. The molecule has 1 aromatic heterocycles. The van der Waals surface area contributed by atoms with Crippen molar-refractivity contribution in [1.82, 2.24) is 5.43 Å². The first-order chi connectivity index (χ1) is 8.67. The molecule has 2 aromatic rings. The molecule has 1 heterocycles. The highest BCUT2D eigenvalue weighted by atomic mass is 35.5. The first kappa shape index (κ1) is 13.4. The number of aryl methyl sites for hydroxylation is 1. The lowest BCUT2D eigenvalue weighted by Gasteiger charge is -2.19. The molecule has 0 bridgehead atoms. The van der Waals surface area contributed by atoms with Gasteiger partial charge < -0.3 is 4.74 Å². The van der Waals surface area contributed by atoms with E-state index in [-0.39, 0.29) is 6.04 Å². The highest BCUT2D eigenvalue weighted by Gasteiger charge is 2.19. The number of hydrogen-bond acceptors (Lipinski definition) is 4. The van der Waals surface area contributed by atoms with Crippen LogP contribution in [0.25, 0.3) is 0 Å². The predicted octanol–water partition coefficient (Wildman–Crippen LogP) is 3.27. The van der Waals surface area contributed by atoms with Gasteiger partial charge in [-0.15, -0.1) is 11.3 Å². The lowest BCUT2D eigenvalue weighted by Crippen LogP contribution is -2.29. The maximum absolute atomic E-state index is 5.97. The van der Waals surface area contributed by atoms with Gasteiger partial charge in [-0.2, -0.15) is 0 Å². The molecular formula is C13H15ClN2OS. The van der Waals surface area contributed by atoms with Crippen LogP contribution in [0.15, 0.2) is 29.6 Å². The molecule has 3 N–H and O–H groups in total. The van der Waals surface area contributed by atoms with E-state index in [1.807, 2.05) is 12.1 Å². The van der Waals surface area contributed by atoms with E-state index in [0.717, 1.165) is 11.3 Å². The minimum atomic E-state index is -0.0859. The largest absolute Gasteiger partial charge is 0.496 e. The summed E-state index contributed by atoms with van der Waals surface area (Å²) in [6.45, 7) is 2.07. The van der Waals surface area contributed by atoms with Crippen molar-refractivity contribution in [2.45, 2.75) is 13.0 Å². The Morgan fingerprint density at radius 1 is 1.39 bits per heavy atom. The number of hydrogen-bond donors (Lipinski definition) is 2. The van der Waals surface area contributed by atoms with E-state index in [9.17, 15) is 0 Å². The van der Waals surface area contributed by atoms with Gasteiger partial charge in [0.05, 0.1) is 13.2 Å². The Balaban J connectivity index is 2.48. The van der Waals surface area contributed by atoms with Crippen molar-refractivity contribution in [1.29, 1.82) is 0 Å². The quantitative estimate of drug-likeness (QED) is 0.668. The highest BCUT2D eigenvalue weighted by Crippen LogP contribution is 2.35. The fraction of sp³-hybridized carbons (Fsp3) is 0.231. The molecule has 0 aliphatic heterocycles. The lowest BCUT2D eigenvalue weighted by molar-refractivity contribution is 0.404. The van der Waals surface area contributed by atoms with Crippen molar-refractivity contribution in [2.24, 2.45) is 5.84 Å². The molecule has 3 nitrogen and oxygen atoms in total. The summed E-state index contributed by atoms with van der Waals surface area (Å²) in [7, 11) is 1.63. The summed E-state index contributed by atoms with van der Waals surface area (Å²) in [5.41, 5.74) is 5.03. The predicted molar refractivity (Wildman–Crippen MR) is 76.2 cm³/mol. The standard InChI is InChI=1S/C13H15ClN2OS/c1-8-5-6-18-13(8)12(16-15)10-4-3-9(14)7-11(10)17-2/h3-7,12,16H,15H2,1-2H3. The molecule has 0 radical (unpaired) electrons. The number of methoxy groups -OCH3 is 1. The molecule has 0 aliphatic rings. The van der Waals surface area contributed by atoms with E-state index in [4.69, 9.17) is 22.2 Å². The van der Waals surface area contributed by atoms with Gasteiger partial charge in [-0.3, -0.25) is 5.84 Å². The first-order valence-electron chi connectivity index (χ1n) is 5.51. The zero-order chi connectivity index (χ0) is 13.1. The van der Waals surface area contributed by atoms with Crippen molar-refractivity contribution < 1.29 is 4.74 Å². The van der Waals surface area contributed by atoms with Gasteiger partial charge in [0.1, 0.15) is 5.75 Å². The number of nitrogens with one attached hydrogen (secondary N) is 1. The average Bonchev–Trinajstić information content (AvgIpc) is 2.78. The van der Waals surface area contributed by atoms with E-state index in [0.29, 0.717) is 5.02 Å². The van der Waals surface area contributed by atoms with E-state index >= 15 is 0 Å². The van der Waals surface area contributed by atoms with Gasteiger partial charge in [-0.05, 0) is 36.1 Å². The molecule has 2 rings (SSSR count). The van der Waals surface area contributed by atoms with Gasteiger partial charge in [0.15, 0.2) is 0 Å². The van der Waals surface area contributed by atoms with Crippen LogP contribution in [0.3, 0.4) is 0 Å². The van der Waals surface area contributed by atoms with Gasteiger partial charge in [0.2, 0.25) is 0 Å². The van der Waals surface area contributed by atoms with Crippen LogP contribution in [0, 0.1) is 6.92 Å². The van der Waals surface area contributed by atoms with Crippen LogP contribution in [-0.2, 0) is 0 Å². The average molecular weight is 283 g/mol. The normalized spacial score (nSPS) is 12.4. The van der Waals surface area contributed by atoms with Crippen LogP contribution < -0.4 is 16.0 Å². The number of thiophene rings is 1. The summed E-state index contributed by atoms with van der Waals surface area (Å²) in [5, 5.41) is 2.70. The van der Waals surface area contributed by atoms with Crippen LogP contribution in [-0.4, -0.2) is 7.11 Å². The molecule has 96 valence electrons. The molecule has 1 atom stereocenters. The number of rotatable bonds is 4. The summed E-state index contributed by atoms with van der Waals surface area (Å²) in [4.78, 5) is 1.18. The molecule has 0 fully saturated rings. The topological polar surface area (TPSA) is 47.3 Å². The maximum atomic E-state index is 5.97.